The molecule has 0 radical (unpaired) electrons. The van der Waals surface area contributed by atoms with E-state index < -0.39 is 0 Å². The molecule has 1 saturated heterocycles. The van der Waals surface area contributed by atoms with Crippen LogP contribution in [0.4, 0.5) is 11.4 Å². The SMILES string of the molecule is COC(=O)c1cc(N2CCC(C(C)C)C2)cc(C)c1N. The first-order valence-corrected chi connectivity index (χ1v) is 7.17. The van der Waals surface area contributed by atoms with Crippen molar-refractivity contribution in [3.05, 3.63) is 23.3 Å². The van der Waals surface area contributed by atoms with Crippen LogP contribution >= 0.6 is 0 Å². The maximum Gasteiger partial charge on any atom is 0.340 e. The first-order chi connectivity index (χ1) is 9.43. The second-order valence-corrected chi connectivity index (χ2v) is 5.95. The fraction of sp³-hybridized carbons (Fsp3) is 0.562. The summed E-state index contributed by atoms with van der Waals surface area (Å²) >= 11 is 0. The Morgan fingerprint density at radius 1 is 1.45 bits per heavy atom. The van der Waals surface area contributed by atoms with Gasteiger partial charge in [0.15, 0.2) is 0 Å². The van der Waals surface area contributed by atoms with Crippen LogP contribution in [-0.4, -0.2) is 26.2 Å². The molecule has 1 heterocycles. The van der Waals surface area contributed by atoms with Gasteiger partial charge in [-0.1, -0.05) is 13.8 Å². The summed E-state index contributed by atoms with van der Waals surface area (Å²) in [5.41, 5.74) is 8.96. The van der Waals surface area contributed by atoms with E-state index in [-0.39, 0.29) is 5.97 Å². The van der Waals surface area contributed by atoms with Crippen LogP contribution in [0.5, 0.6) is 0 Å². The number of methoxy groups -OCH3 is 1. The van der Waals surface area contributed by atoms with E-state index in [0.717, 1.165) is 30.3 Å². The molecule has 1 fully saturated rings. The molecule has 1 aliphatic heterocycles. The fourth-order valence-electron chi connectivity index (χ4n) is 2.81. The van der Waals surface area contributed by atoms with Gasteiger partial charge in [-0.2, -0.15) is 0 Å². The minimum atomic E-state index is -0.368. The smallest absolute Gasteiger partial charge is 0.340 e. The molecule has 1 aromatic rings. The zero-order chi connectivity index (χ0) is 14.9. The Kier molecular flexibility index (Phi) is 4.21. The number of anilines is 2. The zero-order valence-electron chi connectivity index (χ0n) is 12.8. The van der Waals surface area contributed by atoms with Crippen LogP contribution in [0.1, 0.15) is 36.2 Å². The zero-order valence-corrected chi connectivity index (χ0v) is 12.8. The number of aryl methyl sites for hydroxylation is 1. The second-order valence-electron chi connectivity index (χ2n) is 5.95. The van der Waals surface area contributed by atoms with Crippen molar-refractivity contribution in [3.63, 3.8) is 0 Å². The van der Waals surface area contributed by atoms with Crippen molar-refractivity contribution >= 4 is 17.3 Å². The van der Waals surface area contributed by atoms with Crippen LogP contribution in [0, 0.1) is 18.8 Å². The maximum atomic E-state index is 11.8. The Morgan fingerprint density at radius 2 is 2.15 bits per heavy atom. The lowest BCUT2D eigenvalue weighted by Crippen LogP contribution is -2.22. The van der Waals surface area contributed by atoms with Gasteiger partial charge in [0.2, 0.25) is 0 Å². The molecular formula is C16H24N2O2. The van der Waals surface area contributed by atoms with E-state index in [2.05, 4.69) is 24.8 Å². The highest BCUT2D eigenvalue weighted by molar-refractivity contribution is 5.97. The summed E-state index contributed by atoms with van der Waals surface area (Å²) in [5.74, 6) is 1.04. The van der Waals surface area contributed by atoms with Crippen LogP contribution in [0.3, 0.4) is 0 Å². The third-order valence-corrected chi connectivity index (χ3v) is 4.31. The van der Waals surface area contributed by atoms with Gasteiger partial charge in [0, 0.05) is 24.5 Å². The normalized spacial score (nSPS) is 18.6. The van der Waals surface area contributed by atoms with Gasteiger partial charge >= 0.3 is 5.97 Å². The van der Waals surface area contributed by atoms with Crippen molar-refractivity contribution < 1.29 is 9.53 Å². The number of carbonyl (C=O) groups excluding carboxylic acids is 1. The second kappa shape index (κ2) is 5.73. The summed E-state index contributed by atoms with van der Waals surface area (Å²) in [5, 5.41) is 0. The van der Waals surface area contributed by atoms with E-state index in [0.29, 0.717) is 17.2 Å². The molecule has 0 aromatic heterocycles. The van der Waals surface area contributed by atoms with E-state index in [9.17, 15) is 4.79 Å². The number of nitrogens with zero attached hydrogens (tertiary/aromatic N) is 1. The van der Waals surface area contributed by atoms with E-state index in [1.54, 1.807) is 0 Å². The summed E-state index contributed by atoms with van der Waals surface area (Å²) in [4.78, 5) is 14.1. The van der Waals surface area contributed by atoms with Crippen LogP contribution in [0.15, 0.2) is 12.1 Å². The highest BCUT2D eigenvalue weighted by atomic mass is 16.5. The fourth-order valence-corrected chi connectivity index (χ4v) is 2.81. The van der Waals surface area contributed by atoms with E-state index >= 15 is 0 Å². The Hall–Kier alpha value is -1.71. The minimum Gasteiger partial charge on any atom is -0.465 e. The van der Waals surface area contributed by atoms with Crippen LogP contribution < -0.4 is 10.6 Å². The molecule has 0 spiro atoms. The lowest BCUT2D eigenvalue weighted by atomic mass is 9.95. The predicted molar refractivity (Wildman–Crippen MR) is 82.1 cm³/mol. The predicted octanol–water partition coefficient (Wildman–Crippen LogP) is 2.85. The first kappa shape index (κ1) is 14.7. The minimum absolute atomic E-state index is 0.368. The number of ether oxygens (including phenoxy) is 1. The molecule has 4 nitrogen and oxygen atoms in total. The highest BCUT2D eigenvalue weighted by Gasteiger charge is 2.26. The van der Waals surface area contributed by atoms with Crippen molar-refractivity contribution in [1.29, 1.82) is 0 Å². The van der Waals surface area contributed by atoms with Gasteiger partial charge in [-0.05, 0) is 42.9 Å². The Labute approximate surface area is 120 Å². The molecule has 1 aromatic carbocycles. The topological polar surface area (TPSA) is 55.6 Å². The number of nitrogen functional groups attached to an aromatic ring is 1. The number of benzene rings is 1. The molecule has 1 aliphatic rings. The molecule has 1 atom stereocenters. The number of esters is 1. The van der Waals surface area contributed by atoms with Gasteiger partial charge in [-0.3, -0.25) is 0 Å². The van der Waals surface area contributed by atoms with Gasteiger partial charge in [-0.25, -0.2) is 4.79 Å². The molecule has 0 saturated carbocycles. The van der Waals surface area contributed by atoms with Gasteiger partial charge in [0.1, 0.15) is 0 Å². The van der Waals surface area contributed by atoms with Crippen molar-refractivity contribution in [1.82, 2.24) is 0 Å². The van der Waals surface area contributed by atoms with E-state index in [1.807, 2.05) is 13.0 Å². The number of hydrogen-bond acceptors (Lipinski definition) is 4. The molecule has 0 amide bonds. The molecule has 0 bridgehead atoms. The molecule has 1 unspecified atom stereocenters. The Bertz CT molecular complexity index is 511. The number of rotatable bonds is 3. The Morgan fingerprint density at radius 3 is 2.70 bits per heavy atom. The molecular weight excluding hydrogens is 252 g/mol. The maximum absolute atomic E-state index is 11.8. The molecule has 110 valence electrons. The summed E-state index contributed by atoms with van der Waals surface area (Å²) in [6.45, 7) is 8.54. The third-order valence-electron chi connectivity index (χ3n) is 4.31. The van der Waals surface area contributed by atoms with E-state index in [1.165, 1.54) is 13.5 Å². The average molecular weight is 276 g/mol. The average Bonchev–Trinajstić information content (AvgIpc) is 2.90. The molecule has 2 rings (SSSR count). The molecule has 2 N–H and O–H groups in total. The summed E-state index contributed by atoms with van der Waals surface area (Å²) in [7, 11) is 1.38. The lowest BCUT2D eigenvalue weighted by Gasteiger charge is -2.22. The molecule has 0 aliphatic carbocycles. The van der Waals surface area contributed by atoms with Crippen molar-refractivity contribution in [2.45, 2.75) is 27.2 Å². The van der Waals surface area contributed by atoms with Gasteiger partial charge in [0.25, 0.3) is 0 Å². The number of nitrogens with two attached hydrogens (primary N) is 1. The van der Waals surface area contributed by atoms with Crippen molar-refractivity contribution in [2.24, 2.45) is 11.8 Å². The summed E-state index contributed by atoms with van der Waals surface area (Å²) in [6, 6.07) is 3.92. The van der Waals surface area contributed by atoms with Crippen LogP contribution in [0.25, 0.3) is 0 Å². The van der Waals surface area contributed by atoms with Crippen molar-refractivity contribution in [3.8, 4) is 0 Å². The Balaban J connectivity index is 2.30. The lowest BCUT2D eigenvalue weighted by molar-refractivity contribution is 0.0602. The van der Waals surface area contributed by atoms with Crippen LogP contribution in [-0.2, 0) is 4.74 Å². The van der Waals surface area contributed by atoms with Gasteiger partial charge < -0.3 is 15.4 Å². The third kappa shape index (κ3) is 2.74. The quantitative estimate of drug-likeness (QED) is 0.681. The monoisotopic (exact) mass is 276 g/mol. The highest BCUT2D eigenvalue weighted by Crippen LogP contribution is 2.31. The largest absolute Gasteiger partial charge is 0.465 e. The van der Waals surface area contributed by atoms with E-state index in [4.69, 9.17) is 10.5 Å². The summed E-state index contributed by atoms with van der Waals surface area (Å²) in [6.07, 6.45) is 1.20. The first-order valence-electron chi connectivity index (χ1n) is 7.17. The van der Waals surface area contributed by atoms with Crippen LogP contribution in [0.2, 0.25) is 0 Å². The standard InChI is InChI=1S/C16H24N2O2/c1-10(2)12-5-6-18(9-12)13-7-11(3)15(17)14(8-13)16(19)20-4/h7-8,10,12H,5-6,9,17H2,1-4H3. The van der Waals surface area contributed by atoms with Gasteiger partial charge in [0.05, 0.1) is 12.7 Å². The summed E-state index contributed by atoms with van der Waals surface area (Å²) < 4.78 is 4.81. The van der Waals surface area contributed by atoms with Gasteiger partial charge in [-0.15, -0.1) is 0 Å². The molecule has 4 heteroatoms. The van der Waals surface area contributed by atoms with Crippen molar-refractivity contribution in [2.75, 3.05) is 30.8 Å². The molecule has 20 heavy (non-hydrogen) atoms. The number of carbonyl (C=O) groups is 1. The number of hydrogen-bond donors (Lipinski definition) is 1.